The number of aliphatic imine (C=N–C) groups is 1. The van der Waals surface area contributed by atoms with E-state index in [1.807, 2.05) is 37.8 Å². The van der Waals surface area contributed by atoms with Gasteiger partial charge in [0.15, 0.2) is 5.96 Å². The van der Waals surface area contributed by atoms with E-state index >= 15 is 0 Å². The highest BCUT2D eigenvalue weighted by Crippen LogP contribution is 2.25. The molecule has 4 rings (SSSR count). The van der Waals surface area contributed by atoms with Crippen LogP contribution in [0.4, 0.5) is 0 Å². The Balaban J connectivity index is 1.58. The van der Waals surface area contributed by atoms with E-state index in [0.29, 0.717) is 25.9 Å². The summed E-state index contributed by atoms with van der Waals surface area (Å²) in [4.78, 5) is 35.4. The Kier molecular flexibility index (Phi) is 10.2. The number of guanidine groups is 1. The molecule has 2 amide bonds. The van der Waals surface area contributed by atoms with Gasteiger partial charge in [0, 0.05) is 39.0 Å². The molecule has 1 fully saturated rings. The molecule has 3 aromatic carbocycles. The topological polar surface area (TPSA) is 117 Å². The molecule has 0 aliphatic carbocycles. The summed E-state index contributed by atoms with van der Waals surface area (Å²) in [6.45, 7) is 11.8. The van der Waals surface area contributed by atoms with E-state index in [4.69, 9.17) is 11.5 Å². The maximum Gasteiger partial charge on any atom is 0.245 e. The number of piperazine rings is 1. The molecule has 1 aliphatic heterocycles. The van der Waals surface area contributed by atoms with Gasteiger partial charge in [0.2, 0.25) is 11.8 Å². The van der Waals surface area contributed by atoms with E-state index in [-0.39, 0.29) is 35.9 Å². The molecule has 1 heterocycles. The van der Waals surface area contributed by atoms with Gasteiger partial charge in [-0.05, 0) is 61.1 Å². The van der Waals surface area contributed by atoms with Crippen LogP contribution in [-0.4, -0.2) is 71.4 Å². The van der Waals surface area contributed by atoms with Gasteiger partial charge in [0.05, 0.1) is 12.1 Å². The lowest BCUT2D eigenvalue weighted by molar-refractivity contribution is -0.142. The van der Waals surface area contributed by atoms with Crippen molar-refractivity contribution >= 4 is 28.5 Å². The minimum atomic E-state index is -0.681. The Morgan fingerprint density at radius 1 is 1.02 bits per heavy atom. The van der Waals surface area contributed by atoms with Crippen LogP contribution in [0.5, 0.6) is 0 Å². The summed E-state index contributed by atoms with van der Waals surface area (Å²) in [5.74, 6) is -0.308. The summed E-state index contributed by atoms with van der Waals surface area (Å²) in [5, 5.41) is 5.42. The van der Waals surface area contributed by atoms with Crippen LogP contribution in [0.15, 0.2) is 65.7 Å². The van der Waals surface area contributed by atoms with Crippen LogP contribution in [0, 0.1) is 13.8 Å². The number of rotatable bonds is 10. The van der Waals surface area contributed by atoms with Crippen LogP contribution in [0.3, 0.4) is 0 Å². The van der Waals surface area contributed by atoms with Crippen LogP contribution < -0.4 is 16.8 Å². The largest absolute Gasteiger partial charge is 0.370 e. The molecule has 1 saturated heterocycles. The molecular formula is C34H46N6O2. The van der Waals surface area contributed by atoms with E-state index in [1.54, 1.807) is 0 Å². The average Bonchev–Trinajstić information content (AvgIpc) is 2.95. The van der Waals surface area contributed by atoms with E-state index in [0.717, 1.165) is 29.7 Å². The van der Waals surface area contributed by atoms with Crippen LogP contribution in [0.25, 0.3) is 10.8 Å². The number of carbonyl (C=O) groups excluding carboxylic acids is 2. The Bertz CT molecular complexity index is 1430. The lowest BCUT2D eigenvalue weighted by atomic mass is 9.94. The second-order valence-electron chi connectivity index (χ2n) is 11.8. The van der Waals surface area contributed by atoms with Gasteiger partial charge in [-0.3, -0.25) is 14.5 Å². The second kappa shape index (κ2) is 13.8. The van der Waals surface area contributed by atoms with Gasteiger partial charge in [-0.25, -0.2) is 4.99 Å². The molecule has 0 bridgehead atoms. The molecule has 1 aliphatic rings. The third kappa shape index (κ3) is 7.68. The van der Waals surface area contributed by atoms with Crippen LogP contribution >= 0.6 is 0 Å². The SMILES string of the molecule is CC[C@H](N=C(N)N)C1CN(CCc2ccc3ccccc3c2)C(C)CN1C(=O)C(Cc1ccc(C)cc1C)NC(C)=O. The first-order valence-electron chi connectivity index (χ1n) is 15.0. The van der Waals surface area contributed by atoms with E-state index < -0.39 is 6.04 Å². The molecule has 42 heavy (non-hydrogen) atoms. The third-order valence-electron chi connectivity index (χ3n) is 8.47. The monoisotopic (exact) mass is 570 g/mol. The van der Waals surface area contributed by atoms with E-state index in [1.165, 1.54) is 23.3 Å². The summed E-state index contributed by atoms with van der Waals surface area (Å²) in [7, 11) is 0. The van der Waals surface area contributed by atoms with Gasteiger partial charge in [0.1, 0.15) is 6.04 Å². The molecule has 4 atom stereocenters. The number of amides is 2. The maximum atomic E-state index is 14.3. The van der Waals surface area contributed by atoms with Crippen molar-refractivity contribution in [3.8, 4) is 0 Å². The second-order valence-corrected chi connectivity index (χ2v) is 11.8. The first kappa shape index (κ1) is 31.0. The fourth-order valence-electron chi connectivity index (χ4n) is 6.20. The van der Waals surface area contributed by atoms with Crippen molar-refractivity contribution in [2.75, 3.05) is 19.6 Å². The number of aryl methyl sites for hydroxylation is 2. The summed E-state index contributed by atoms with van der Waals surface area (Å²) in [5.41, 5.74) is 16.3. The quantitative estimate of drug-likeness (QED) is 0.254. The Labute approximate surface area is 250 Å². The Morgan fingerprint density at radius 2 is 1.76 bits per heavy atom. The Morgan fingerprint density at radius 3 is 2.43 bits per heavy atom. The normalized spacial score (nSPS) is 18.8. The number of nitrogens with one attached hydrogen (secondary N) is 1. The van der Waals surface area contributed by atoms with E-state index in [2.05, 4.69) is 70.7 Å². The molecule has 0 spiro atoms. The van der Waals surface area contributed by atoms with Gasteiger partial charge in [-0.15, -0.1) is 0 Å². The van der Waals surface area contributed by atoms with Crippen molar-refractivity contribution in [1.29, 1.82) is 0 Å². The summed E-state index contributed by atoms with van der Waals surface area (Å²) in [6, 6.07) is 20.2. The minimum absolute atomic E-state index is 0.0178. The van der Waals surface area contributed by atoms with Crippen molar-refractivity contribution in [2.24, 2.45) is 16.5 Å². The maximum absolute atomic E-state index is 14.3. The van der Waals surface area contributed by atoms with Crippen molar-refractivity contribution in [2.45, 2.75) is 78.0 Å². The third-order valence-corrected chi connectivity index (χ3v) is 8.47. The number of fused-ring (bicyclic) bond motifs is 1. The van der Waals surface area contributed by atoms with E-state index in [9.17, 15) is 9.59 Å². The van der Waals surface area contributed by atoms with Crippen molar-refractivity contribution in [3.05, 3.63) is 82.9 Å². The highest BCUT2D eigenvalue weighted by Gasteiger charge is 2.40. The predicted molar refractivity (Wildman–Crippen MR) is 171 cm³/mol. The standard InChI is InChI=1S/C34H46N6O2/c1-6-30(38-34(35)36)32-21-39(16-15-26-12-14-27-9-7-8-10-29(27)18-26)24(4)20-40(32)33(42)31(37-25(5)41)19-28-13-11-22(2)17-23(28)3/h7-14,17-18,24,30-32H,6,15-16,19-21H2,1-5H3,(H,37,41)(H4,35,36,38)/t24?,30-,31?,32?/m0/s1. The first-order chi connectivity index (χ1) is 20.0. The van der Waals surface area contributed by atoms with Crippen LogP contribution in [-0.2, 0) is 22.4 Å². The number of hydrogen-bond acceptors (Lipinski definition) is 4. The molecule has 8 heteroatoms. The summed E-state index contributed by atoms with van der Waals surface area (Å²) in [6.07, 6.45) is 2.00. The fraction of sp³-hybridized carbons (Fsp3) is 0.441. The zero-order valence-electron chi connectivity index (χ0n) is 25.6. The van der Waals surface area contributed by atoms with Crippen LogP contribution in [0.2, 0.25) is 0 Å². The first-order valence-corrected chi connectivity index (χ1v) is 15.0. The van der Waals surface area contributed by atoms with Gasteiger partial charge < -0.3 is 21.7 Å². The lowest BCUT2D eigenvalue weighted by Crippen LogP contribution is -2.65. The zero-order chi connectivity index (χ0) is 30.4. The number of carbonyl (C=O) groups is 2. The van der Waals surface area contributed by atoms with Crippen molar-refractivity contribution in [3.63, 3.8) is 0 Å². The van der Waals surface area contributed by atoms with Gasteiger partial charge in [-0.1, -0.05) is 73.2 Å². The number of nitrogens with two attached hydrogens (primary N) is 2. The Hall–Kier alpha value is -3.91. The number of benzene rings is 3. The fourth-order valence-corrected chi connectivity index (χ4v) is 6.20. The highest BCUT2D eigenvalue weighted by molar-refractivity contribution is 5.88. The minimum Gasteiger partial charge on any atom is -0.370 e. The van der Waals surface area contributed by atoms with Gasteiger partial charge in [0.25, 0.3) is 0 Å². The summed E-state index contributed by atoms with van der Waals surface area (Å²) < 4.78 is 0. The van der Waals surface area contributed by atoms with Crippen LogP contribution in [0.1, 0.15) is 49.4 Å². The molecule has 0 aromatic heterocycles. The van der Waals surface area contributed by atoms with Crippen molar-refractivity contribution in [1.82, 2.24) is 15.1 Å². The highest BCUT2D eigenvalue weighted by atomic mass is 16.2. The van der Waals surface area contributed by atoms with Crippen molar-refractivity contribution < 1.29 is 9.59 Å². The smallest absolute Gasteiger partial charge is 0.245 e. The lowest BCUT2D eigenvalue weighted by Gasteiger charge is -2.48. The molecule has 3 unspecified atom stereocenters. The molecule has 0 radical (unpaired) electrons. The number of hydrogen-bond donors (Lipinski definition) is 3. The average molecular weight is 571 g/mol. The molecule has 5 N–H and O–H groups in total. The predicted octanol–water partition coefficient (Wildman–Crippen LogP) is 3.70. The summed E-state index contributed by atoms with van der Waals surface area (Å²) >= 11 is 0. The number of nitrogens with zero attached hydrogens (tertiary/aromatic N) is 3. The molecule has 3 aromatic rings. The zero-order valence-corrected chi connectivity index (χ0v) is 25.6. The molecule has 224 valence electrons. The van der Waals surface area contributed by atoms with Gasteiger partial charge >= 0.3 is 0 Å². The molecule has 8 nitrogen and oxygen atoms in total. The molecular weight excluding hydrogens is 524 g/mol. The van der Waals surface area contributed by atoms with Gasteiger partial charge in [-0.2, -0.15) is 0 Å². The molecule has 0 saturated carbocycles.